The van der Waals surface area contributed by atoms with E-state index in [1.807, 2.05) is 0 Å². The molecular weight excluding hydrogens is 140 g/mol. The number of hydrogen-bond acceptors (Lipinski definition) is 2. The zero-order valence-electron chi connectivity index (χ0n) is 7.09. The van der Waals surface area contributed by atoms with Crippen LogP contribution in [-0.4, -0.2) is 13.1 Å². The molecule has 2 heteroatoms. The Labute approximate surface area is 67.2 Å². The Morgan fingerprint density at radius 3 is 2.64 bits per heavy atom. The highest BCUT2D eigenvalue weighted by Crippen LogP contribution is 2.35. The van der Waals surface area contributed by atoms with Crippen molar-refractivity contribution in [3.05, 3.63) is 12.2 Å². The number of ether oxygens (including phenoxy) is 1. The smallest absolute Gasteiger partial charge is 0.309 e. The van der Waals surface area contributed by atoms with E-state index in [2.05, 4.69) is 18.2 Å². The van der Waals surface area contributed by atoms with Crippen molar-refractivity contribution in [2.24, 2.45) is 11.8 Å². The lowest BCUT2D eigenvalue weighted by molar-refractivity contribution is -0.146. The van der Waals surface area contributed by atoms with Gasteiger partial charge in [0.25, 0.3) is 0 Å². The molecule has 0 bridgehead atoms. The lowest BCUT2D eigenvalue weighted by atomic mass is 9.99. The number of allylic oxidation sites excluding steroid dienone is 1. The standard InChI is InChI=1S/C9H14O2/c1-6-4-7(2)8(5-6)9(10)11-3/h7-8H,1,4-5H2,2-3H3. The lowest BCUT2D eigenvalue weighted by Crippen LogP contribution is -2.17. The van der Waals surface area contributed by atoms with Gasteiger partial charge in [-0.2, -0.15) is 0 Å². The fourth-order valence-corrected chi connectivity index (χ4v) is 1.66. The Balaban J connectivity index is 2.59. The molecule has 2 unspecified atom stereocenters. The van der Waals surface area contributed by atoms with Crippen LogP contribution in [0.1, 0.15) is 19.8 Å². The van der Waals surface area contributed by atoms with E-state index in [0.717, 1.165) is 12.8 Å². The normalized spacial score (nSPS) is 30.5. The monoisotopic (exact) mass is 154 g/mol. The highest BCUT2D eigenvalue weighted by molar-refractivity contribution is 5.73. The van der Waals surface area contributed by atoms with Crippen molar-refractivity contribution in [1.82, 2.24) is 0 Å². The maximum atomic E-state index is 11.1. The van der Waals surface area contributed by atoms with Crippen LogP contribution in [-0.2, 0) is 9.53 Å². The molecule has 0 spiro atoms. The molecule has 0 heterocycles. The van der Waals surface area contributed by atoms with Crippen LogP contribution in [0.25, 0.3) is 0 Å². The van der Waals surface area contributed by atoms with E-state index in [0.29, 0.717) is 5.92 Å². The zero-order valence-corrected chi connectivity index (χ0v) is 7.09. The minimum atomic E-state index is -0.0869. The maximum Gasteiger partial charge on any atom is 0.309 e. The molecule has 0 saturated heterocycles. The summed E-state index contributed by atoms with van der Waals surface area (Å²) in [7, 11) is 1.44. The number of methoxy groups -OCH3 is 1. The average Bonchev–Trinajstić information content (AvgIpc) is 2.28. The van der Waals surface area contributed by atoms with Crippen LogP contribution in [0.2, 0.25) is 0 Å². The summed E-state index contributed by atoms with van der Waals surface area (Å²) >= 11 is 0. The predicted octanol–water partition coefficient (Wildman–Crippen LogP) is 1.76. The molecule has 11 heavy (non-hydrogen) atoms. The van der Waals surface area contributed by atoms with Crippen LogP contribution in [0.15, 0.2) is 12.2 Å². The van der Waals surface area contributed by atoms with Crippen LogP contribution in [0.5, 0.6) is 0 Å². The lowest BCUT2D eigenvalue weighted by Gasteiger charge is -2.10. The minimum absolute atomic E-state index is 0.0625. The van der Waals surface area contributed by atoms with Gasteiger partial charge >= 0.3 is 5.97 Å². The summed E-state index contributed by atoms with van der Waals surface area (Å²) < 4.78 is 4.67. The summed E-state index contributed by atoms with van der Waals surface area (Å²) in [5.41, 5.74) is 1.17. The van der Waals surface area contributed by atoms with E-state index in [-0.39, 0.29) is 11.9 Å². The van der Waals surface area contributed by atoms with Crippen LogP contribution in [0.4, 0.5) is 0 Å². The molecule has 0 aliphatic heterocycles. The molecule has 62 valence electrons. The number of esters is 1. The SMILES string of the molecule is C=C1CC(C)C(C(=O)OC)C1. The van der Waals surface area contributed by atoms with E-state index in [1.165, 1.54) is 12.7 Å². The summed E-state index contributed by atoms with van der Waals surface area (Å²) in [6, 6.07) is 0. The fourth-order valence-electron chi connectivity index (χ4n) is 1.66. The quantitative estimate of drug-likeness (QED) is 0.425. The van der Waals surface area contributed by atoms with E-state index in [1.54, 1.807) is 0 Å². The second-order valence-electron chi connectivity index (χ2n) is 3.27. The van der Waals surface area contributed by atoms with Crippen LogP contribution >= 0.6 is 0 Å². The van der Waals surface area contributed by atoms with Gasteiger partial charge in [-0.05, 0) is 18.8 Å². The van der Waals surface area contributed by atoms with Crippen molar-refractivity contribution in [3.8, 4) is 0 Å². The predicted molar refractivity (Wildman–Crippen MR) is 43.0 cm³/mol. The van der Waals surface area contributed by atoms with Crippen molar-refractivity contribution in [3.63, 3.8) is 0 Å². The van der Waals surface area contributed by atoms with Crippen LogP contribution < -0.4 is 0 Å². The molecule has 2 atom stereocenters. The van der Waals surface area contributed by atoms with Gasteiger partial charge in [-0.3, -0.25) is 4.79 Å². The van der Waals surface area contributed by atoms with Crippen molar-refractivity contribution in [2.45, 2.75) is 19.8 Å². The molecule has 1 fully saturated rings. The highest BCUT2D eigenvalue weighted by Gasteiger charge is 2.32. The largest absolute Gasteiger partial charge is 0.469 e. The molecular formula is C9H14O2. The van der Waals surface area contributed by atoms with Gasteiger partial charge < -0.3 is 4.74 Å². The van der Waals surface area contributed by atoms with E-state index < -0.39 is 0 Å². The van der Waals surface area contributed by atoms with Gasteiger partial charge in [0.2, 0.25) is 0 Å². The van der Waals surface area contributed by atoms with Crippen LogP contribution in [0, 0.1) is 11.8 Å². The van der Waals surface area contributed by atoms with Gasteiger partial charge in [0.15, 0.2) is 0 Å². The molecule has 1 aliphatic carbocycles. The number of carbonyl (C=O) groups is 1. The average molecular weight is 154 g/mol. The first kappa shape index (κ1) is 8.31. The van der Waals surface area contributed by atoms with Crippen molar-refractivity contribution < 1.29 is 9.53 Å². The molecule has 1 rings (SSSR count). The van der Waals surface area contributed by atoms with E-state index in [4.69, 9.17) is 0 Å². The second kappa shape index (κ2) is 3.07. The zero-order chi connectivity index (χ0) is 8.43. The number of rotatable bonds is 1. The topological polar surface area (TPSA) is 26.3 Å². The fraction of sp³-hybridized carbons (Fsp3) is 0.667. The van der Waals surface area contributed by atoms with Gasteiger partial charge in [-0.15, -0.1) is 0 Å². The molecule has 2 nitrogen and oxygen atoms in total. The highest BCUT2D eigenvalue weighted by atomic mass is 16.5. The molecule has 1 saturated carbocycles. The molecule has 0 radical (unpaired) electrons. The third-order valence-corrected chi connectivity index (χ3v) is 2.31. The van der Waals surface area contributed by atoms with Gasteiger partial charge in [-0.25, -0.2) is 0 Å². The number of carbonyl (C=O) groups excluding carboxylic acids is 1. The maximum absolute atomic E-state index is 11.1. The molecule has 0 aromatic rings. The first-order chi connectivity index (χ1) is 5.15. The van der Waals surface area contributed by atoms with Gasteiger partial charge in [0.05, 0.1) is 13.0 Å². The Bertz CT molecular complexity index is 184. The Morgan fingerprint density at radius 1 is 1.64 bits per heavy atom. The first-order valence-corrected chi connectivity index (χ1v) is 3.89. The van der Waals surface area contributed by atoms with Crippen molar-refractivity contribution in [1.29, 1.82) is 0 Å². The number of hydrogen-bond donors (Lipinski definition) is 0. The molecule has 0 amide bonds. The van der Waals surface area contributed by atoms with Gasteiger partial charge in [-0.1, -0.05) is 19.1 Å². The van der Waals surface area contributed by atoms with Crippen molar-refractivity contribution in [2.75, 3.05) is 7.11 Å². The van der Waals surface area contributed by atoms with Crippen molar-refractivity contribution >= 4 is 5.97 Å². The van der Waals surface area contributed by atoms with Gasteiger partial charge in [0.1, 0.15) is 0 Å². The Hall–Kier alpha value is -0.790. The molecule has 0 aromatic heterocycles. The summed E-state index contributed by atoms with van der Waals surface area (Å²) in [4.78, 5) is 11.1. The molecule has 1 aliphatic rings. The van der Waals surface area contributed by atoms with E-state index >= 15 is 0 Å². The first-order valence-electron chi connectivity index (χ1n) is 3.89. The second-order valence-corrected chi connectivity index (χ2v) is 3.27. The third kappa shape index (κ3) is 1.62. The summed E-state index contributed by atoms with van der Waals surface area (Å²) in [5.74, 6) is 0.388. The third-order valence-electron chi connectivity index (χ3n) is 2.31. The summed E-state index contributed by atoms with van der Waals surface area (Å²) in [6.07, 6.45) is 1.79. The van der Waals surface area contributed by atoms with E-state index in [9.17, 15) is 4.79 Å². The Morgan fingerprint density at radius 2 is 2.27 bits per heavy atom. The van der Waals surface area contributed by atoms with Crippen LogP contribution in [0.3, 0.4) is 0 Å². The Kier molecular flexibility index (Phi) is 2.32. The summed E-state index contributed by atoms with van der Waals surface area (Å²) in [6.45, 7) is 5.93. The summed E-state index contributed by atoms with van der Waals surface area (Å²) in [5, 5.41) is 0. The molecule has 0 N–H and O–H groups in total. The minimum Gasteiger partial charge on any atom is -0.469 e. The molecule has 0 aromatic carbocycles. The van der Waals surface area contributed by atoms with Gasteiger partial charge in [0, 0.05) is 0 Å².